The van der Waals surface area contributed by atoms with Gasteiger partial charge in [0.05, 0.1) is 14.2 Å². The highest BCUT2D eigenvalue weighted by molar-refractivity contribution is 5.99. The van der Waals surface area contributed by atoms with Gasteiger partial charge in [0.15, 0.2) is 0 Å². The maximum Gasteiger partial charge on any atom is 0.258 e. The topological polar surface area (TPSA) is 47.6 Å². The fourth-order valence-electron chi connectivity index (χ4n) is 7.50. The van der Waals surface area contributed by atoms with E-state index in [0.717, 1.165) is 18.4 Å². The van der Waals surface area contributed by atoms with E-state index in [2.05, 4.69) is 37.4 Å². The minimum absolute atomic E-state index is 0.102. The fraction of sp³-hybridized carbons (Fsp3) is 0.536. The summed E-state index contributed by atoms with van der Waals surface area (Å²) < 4.78 is 10.9. The molecule has 4 heteroatoms. The quantitative estimate of drug-likeness (QED) is 0.646. The molecule has 0 unspecified atom stereocenters. The molecule has 0 radical (unpaired) electrons. The van der Waals surface area contributed by atoms with Crippen LogP contribution in [0.1, 0.15) is 65.6 Å². The first kappa shape index (κ1) is 21.4. The Morgan fingerprint density at radius 2 is 1.62 bits per heavy atom. The van der Waals surface area contributed by atoms with Crippen LogP contribution in [0.4, 0.5) is 0 Å². The van der Waals surface area contributed by atoms with Crippen molar-refractivity contribution in [1.29, 1.82) is 0 Å². The first-order valence-electron chi connectivity index (χ1n) is 11.9. The number of ether oxygens (including phenoxy) is 2. The van der Waals surface area contributed by atoms with Crippen LogP contribution in [0, 0.1) is 31.1 Å². The Hall–Kier alpha value is -2.49. The number of methoxy groups -OCH3 is 2. The molecule has 4 fully saturated rings. The van der Waals surface area contributed by atoms with Gasteiger partial charge in [-0.3, -0.25) is 4.79 Å². The number of nitrogens with one attached hydrogen (secondary N) is 1. The van der Waals surface area contributed by atoms with Crippen molar-refractivity contribution in [2.75, 3.05) is 20.8 Å². The number of carbonyl (C=O) groups is 1. The van der Waals surface area contributed by atoms with Crippen molar-refractivity contribution in [1.82, 2.24) is 5.32 Å². The van der Waals surface area contributed by atoms with Gasteiger partial charge >= 0.3 is 0 Å². The molecule has 1 amide bonds. The van der Waals surface area contributed by atoms with E-state index in [-0.39, 0.29) is 16.7 Å². The maximum atomic E-state index is 13.3. The molecule has 0 heterocycles. The largest absolute Gasteiger partial charge is 0.496 e. The van der Waals surface area contributed by atoms with Gasteiger partial charge < -0.3 is 14.8 Å². The number of hydrogen-bond donors (Lipinski definition) is 1. The Labute approximate surface area is 191 Å². The van der Waals surface area contributed by atoms with Gasteiger partial charge in [0.2, 0.25) is 0 Å². The highest BCUT2D eigenvalue weighted by Gasteiger charge is 2.58. The van der Waals surface area contributed by atoms with Crippen LogP contribution in [0.2, 0.25) is 0 Å². The lowest BCUT2D eigenvalue weighted by Gasteiger charge is -2.62. The number of carbonyl (C=O) groups excluding carboxylic acids is 1. The second-order valence-corrected chi connectivity index (χ2v) is 10.8. The van der Waals surface area contributed by atoms with Crippen molar-refractivity contribution in [3.63, 3.8) is 0 Å². The molecule has 0 aromatic heterocycles. The average molecular weight is 434 g/mol. The van der Waals surface area contributed by atoms with Crippen LogP contribution in [0.3, 0.4) is 0 Å². The van der Waals surface area contributed by atoms with Crippen LogP contribution in [-0.4, -0.2) is 26.7 Å². The number of rotatable bonds is 6. The fourth-order valence-corrected chi connectivity index (χ4v) is 7.50. The molecule has 4 nitrogen and oxygen atoms in total. The minimum Gasteiger partial charge on any atom is -0.496 e. The van der Waals surface area contributed by atoms with E-state index >= 15 is 0 Å². The lowest BCUT2D eigenvalue weighted by molar-refractivity contribution is -0.0697. The molecule has 4 aliphatic rings. The minimum atomic E-state index is -0.102. The molecule has 0 spiro atoms. The van der Waals surface area contributed by atoms with Crippen LogP contribution in [0.15, 0.2) is 36.4 Å². The molecule has 0 saturated heterocycles. The van der Waals surface area contributed by atoms with E-state index in [1.54, 1.807) is 14.2 Å². The third-order valence-electron chi connectivity index (χ3n) is 8.58. The van der Waals surface area contributed by atoms with E-state index in [1.165, 1.54) is 55.2 Å². The monoisotopic (exact) mass is 433 g/mol. The van der Waals surface area contributed by atoms with E-state index in [0.29, 0.717) is 17.1 Å². The van der Waals surface area contributed by atoms with Crippen LogP contribution < -0.4 is 14.8 Å². The molecule has 6 rings (SSSR count). The summed E-state index contributed by atoms with van der Waals surface area (Å²) in [4.78, 5) is 13.3. The third-order valence-corrected chi connectivity index (χ3v) is 8.58. The summed E-state index contributed by atoms with van der Waals surface area (Å²) in [5.74, 6) is 2.55. The van der Waals surface area contributed by atoms with E-state index in [4.69, 9.17) is 9.47 Å². The van der Waals surface area contributed by atoms with Crippen LogP contribution in [0.5, 0.6) is 11.5 Å². The van der Waals surface area contributed by atoms with E-state index < -0.39 is 0 Å². The third kappa shape index (κ3) is 3.48. The first-order chi connectivity index (χ1) is 15.4. The number of amides is 1. The molecule has 4 saturated carbocycles. The van der Waals surface area contributed by atoms with Gasteiger partial charge in [-0.2, -0.15) is 0 Å². The maximum absolute atomic E-state index is 13.3. The normalized spacial score (nSPS) is 30.2. The summed E-state index contributed by atoms with van der Waals surface area (Å²) in [6.07, 6.45) is 7.63. The Morgan fingerprint density at radius 1 is 0.969 bits per heavy atom. The van der Waals surface area contributed by atoms with Gasteiger partial charge in [0.25, 0.3) is 5.91 Å². The Bertz CT molecular complexity index is 1010. The predicted molar refractivity (Wildman–Crippen MR) is 127 cm³/mol. The molecule has 170 valence electrons. The zero-order valence-electron chi connectivity index (χ0n) is 19.8. The standard InChI is InChI=1S/C28H35NO3/c1-18-8-9-22(10-19(18)2)28-14-20-11-21(15-28)13-27(12-20,16-28)17-29-26(30)25-23(31-3)6-5-7-24(25)32-4/h5-10,20-21H,11-17H2,1-4H3,(H,29,30)/t20-,21-,27?,28?/m1/s1. The summed E-state index contributed by atoms with van der Waals surface area (Å²) in [6, 6.07) is 12.6. The second kappa shape index (κ2) is 7.83. The van der Waals surface area contributed by atoms with Gasteiger partial charge in [-0.15, -0.1) is 0 Å². The Balaban J connectivity index is 1.40. The molecular formula is C28H35NO3. The smallest absolute Gasteiger partial charge is 0.258 e. The summed E-state index contributed by atoms with van der Waals surface area (Å²) in [5.41, 5.74) is 5.24. The van der Waals surface area contributed by atoms with Crippen molar-refractivity contribution in [3.05, 3.63) is 58.7 Å². The first-order valence-corrected chi connectivity index (χ1v) is 11.9. The number of hydrogen-bond acceptors (Lipinski definition) is 3. The number of aryl methyl sites for hydroxylation is 2. The molecule has 2 atom stereocenters. The van der Waals surface area contributed by atoms with Gasteiger partial charge in [-0.1, -0.05) is 24.3 Å². The molecule has 2 aromatic rings. The molecule has 0 aliphatic heterocycles. The van der Waals surface area contributed by atoms with E-state index in [9.17, 15) is 4.79 Å². The van der Waals surface area contributed by atoms with E-state index in [1.807, 2.05) is 18.2 Å². The molecule has 1 N–H and O–H groups in total. The SMILES string of the molecule is COc1cccc(OC)c1C(=O)NCC12C[C@H]3C[C@H](C1)CC(c1ccc(C)c(C)c1)(C3)C2. The summed E-state index contributed by atoms with van der Waals surface area (Å²) in [6.45, 7) is 5.16. The predicted octanol–water partition coefficient (Wildman–Crippen LogP) is 5.59. The van der Waals surface area contributed by atoms with Crippen LogP contribution >= 0.6 is 0 Å². The lowest BCUT2D eigenvalue weighted by atomic mass is 9.43. The van der Waals surface area contributed by atoms with Crippen molar-refractivity contribution in [2.45, 2.75) is 57.8 Å². The average Bonchev–Trinajstić information content (AvgIpc) is 2.77. The highest BCUT2D eigenvalue weighted by Crippen LogP contribution is 2.65. The van der Waals surface area contributed by atoms with Crippen LogP contribution in [0.25, 0.3) is 0 Å². The van der Waals surface area contributed by atoms with Crippen molar-refractivity contribution >= 4 is 5.91 Å². The highest BCUT2D eigenvalue weighted by atomic mass is 16.5. The molecule has 2 aromatic carbocycles. The molecule has 32 heavy (non-hydrogen) atoms. The lowest BCUT2D eigenvalue weighted by Crippen LogP contribution is -2.57. The summed E-state index contributed by atoms with van der Waals surface area (Å²) in [7, 11) is 3.19. The molecular weight excluding hydrogens is 398 g/mol. The van der Waals surface area contributed by atoms with Gasteiger partial charge in [0, 0.05) is 6.54 Å². The zero-order chi connectivity index (χ0) is 22.5. The van der Waals surface area contributed by atoms with Crippen molar-refractivity contribution in [3.8, 4) is 11.5 Å². The molecule has 4 bridgehead atoms. The van der Waals surface area contributed by atoms with Gasteiger partial charge in [0.1, 0.15) is 17.1 Å². The summed E-state index contributed by atoms with van der Waals surface area (Å²) >= 11 is 0. The number of benzene rings is 2. The molecule has 4 aliphatic carbocycles. The van der Waals surface area contributed by atoms with Gasteiger partial charge in [-0.25, -0.2) is 0 Å². The van der Waals surface area contributed by atoms with Gasteiger partial charge in [-0.05, 0) is 104 Å². The van der Waals surface area contributed by atoms with Crippen molar-refractivity contribution in [2.24, 2.45) is 17.3 Å². The zero-order valence-corrected chi connectivity index (χ0v) is 19.8. The van der Waals surface area contributed by atoms with Crippen LogP contribution in [-0.2, 0) is 5.41 Å². The van der Waals surface area contributed by atoms with Crippen molar-refractivity contribution < 1.29 is 14.3 Å². The summed E-state index contributed by atoms with van der Waals surface area (Å²) in [5, 5.41) is 3.30. The Morgan fingerprint density at radius 3 is 2.22 bits per heavy atom. The Kier molecular flexibility index (Phi) is 5.22. The second-order valence-electron chi connectivity index (χ2n) is 10.8.